The van der Waals surface area contributed by atoms with Gasteiger partial charge in [-0.25, -0.2) is 0 Å². The Bertz CT molecular complexity index is 437. The van der Waals surface area contributed by atoms with Crippen molar-refractivity contribution < 1.29 is 19.1 Å². The first kappa shape index (κ1) is 27.0. The van der Waals surface area contributed by atoms with Crippen LogP contribution < -0.4 is 0 Å². The van der Waals surface area contributed by atoms with Crippen molar-refractivity contribution in [3.8, 4) is 0 Å². The molecule has 1 aliphatic rings. The molecule has 4 nitrogen and oxygen atoms in total. The Kier molecular flexibility index (Phi) is 13.4. The summed E-state index contributed by atoms with van der Waals surface area (Å²) >= 11 is 0. The number of rotatable bonds is 14. The average molecular weight is 425 g/mol. The van der Waals surface area contributed by atoms with Crippen LogP contribution in [0.5, 0.6) is 0 Å². The molecule has 0 aromatic carbocycles. The molecule has 0 N–H and O–H groups in total. The van der Waals surface area contributed by atoms with E-state index in [0.717, 1.165) is 25.7 Å². The van der Waals surface area contributed by atoms with Crippen LogP contribution in [0.1, 0.15) is 106 Å². The fourth-order valence-electron chi connectivity index (χ4n) is 4.18. The van der Waals surface area contributed by atoms with Gasteiger partial charge in [0.1, 0.15) is 0 Å². The number of carbonyl (C=O) groups is 2. The molecule has 0 aromatic rings. The fraction of sp³-hybridized carbons (Fsp3) is 0.923. The molecule has 30 heavy (non-hydrogen) atoms. The van der Waals surface area contributed by atoms with Crippen molar-refractivity contribution in [2.24, 2.45) is 35.5 Å². The van der Waals surface area contributed by atoms with Gasteiger partial charge < -0.3 is 9.47 Å². The summed E-state index contributed by atoms with van der Waals surface area (Å²) in [5.41, 5.74) is 0. The Hall–Kier alpha value is -1.06. The third-order valence-corrected chi connectivity index (χ3v) is 7.34. The highest BCUT2D eigenvalue weighted by Crippen LogP contribution is 2.31. The van der Waals surface area contributed by atoms with Crippen LogP contribution in [0, 0.1) is 35.5 Å². The van der Waals surface area contributed by atoms with Gasteiger partial charge in [-0.05, 0) is 49.4 Å². The van der Waals surface area contributed by atoms with E-state index in [-0.39, 0.29) is 23.8 Å². The molecule has 0 heterocycles. The second kappa shape index (κ2) is 14.9. The van der Waals surface area contributed by atoms with Crippen LogP contribution in [0.25, 0.3) is 0 Å². The van der Waals surface area contributed by atoms with Crippen molar-refractivity contribution in [2.45, 2.75) is 106 Å². The molecule has 0 radical (unpaired) electrons. The number of carbonyl (C=O) groups excluding carboxylic acids is 2. The molecule has 1 fully saturated rings. The lowest BCUT2D eigenvalue weighted by atomic mass is 9.82. The van der Waals surface area contributed by atoms with E-state index in [1.54, 1.807) is 0 Å². The molecule has 0 saturated heterocycles. The molecule has 1 rings (SSSR count). The van der Waals surface area contributed by atoms with Gasteiger partial charge in [-0.1, -0.05) is 80.1 Å². The molecular formula is C26H48O4. The number of hydrogen-bond donors (Lipinski definition) is 0. The van der Waals surface area contributed by atoms with Crippen molar-refractivity contribution in [2.75, 3.05) is 13.2 Å². The summed E-state index contributed by atoms with van der Waals surface area (Å²) in [4.78, 5) is 24.9. The first-order chi connectivity index (χ1) is 14.3. The highest BCUT2D eigenvalue weighted by Gasteiger charge is 2.32. The lowest BCUT2D eigenvalue weighted by Crippen LogP contribution is -2.30. The molecule has 1 saturated carbocycles. The van der Waals surface area contributed by atoms with Crippen molar-refractivity contribution in [3.63, 3.8) is 0 Å². The number of esters is 2. The zero-order valence-corrected chi connectivity index (χ0v) is 20.6. The SMILES string of the molecule is CCCCC(C)C(C)COC(=O)C1CCC(C(=O)OCC(C)C(C)CCCC)CC1. The molecule has 0 amide bonds. The summed E-state index contributed by atoms with van der Waals surface area (Å²) in [5, 5.41) is 0. The molecule has 176 valence electrons. The lowest BCUT2D eigenvalue weighted by Gasteiger charge is -2.28. The summed E-state index contributed by atoms with van der Waals surface area (Å²) in [6.07, 6.45) is 10.2. The summed E-state index contributed by atoms with van der Waals surface area (Å²) in [6, 6.07) is 0. The van der Waals surface area contributed by atoms with Crippen LogP contribution >= 0.6 is 0 Å². The normalized spacial score (nSPS) is 23.3. The highest BCUT2D eigenvalue weighted by molar-refractivity contribution is 5.75. The van der Waals surface area contributed by atoms with Crippen molar-refractivity contribution in [1.29, 1.82) is 0 Å². The Balaban J connectivity index is 2.28. The summed E-state index contributed by atoms with van der Waals surface area (Å²) < 4.78 is 11.2. The Labute approximate surface area is 185 Å². The van der Waals surface area contributed by atoms with E-state index in [0.29, 0.717) is 36.9 Å². The van der Waals surface area contributed by atoms with Crippen LogP contribution in [-0.4, -0.2) is 25.2 Å². The van der Waals surface area contributed by atoms with Crippen LogP contribution in [-0.2, 0) is 19.1 Å². The van der Waals surface area contributed by atoms with Gasteiger partial charge in [-0.2, -0.15) is 0 Å². The fourth-order valence-corrected chi connectivity index (χ4v) is 4.18. The summed E-state index contributed by atoms with van der Waals surface area (Å²) in [7, 11) is 0. The summed E-state index contributed by atoms with van der Waals surface area (Å²) in [5.74, 6) is 1.69. The maximum Gasteiger partial charge on any atom is 0.308 e. The zero-order chi connectivity index (χ0) is 22.5. The minimum atomic E-state index is -0.0743. The quantitative estimate of drug-likeness (QED) is 0.288. The van der Waals surface area contributed by atoms with E-state index in [9.17, 15) is 9.59 Å². The average Bonchev–Trinajstić information content (AvgIpc) is 2.77. The van der Waals surface area contributed by atoms with Crippen molar-refractivity contribution in [3.05, 3.63) is 0 Å². The lowest BCUT2D eigenvalue weighted by molar-refractivity contribution is -0.157. The molecule has 0 bridgehead atoms. The van der Waals surface area contributed by atoms with E-state index in [1.807, 2.05) is 0 Å². The second-order valence-electron chi connectivity index (χ2n) is 10.0. The third-order valence-electron chi connectivity index (χ3n) is 7.34. The van der Waals surface area contributed by atoms with Gasteiger partial charge in [0.15, 0.2) is 0 Å². The predicted molar refractivity (Wildman–Crippen MR) is 123 cm³/mol. The van der Waals surface area contributed by atoms with Gasteiger partial charge in [-0.15, -0.1) is 0 Å². The van der Waals surface area contributed by atoms with E-state index in [2.05, 4.69) is 41.5 Å². The Morgan fingerprint density at radius 3 is 1.30 bits per heavy atom. The molecule has 4 unspecified atom stereocenters. The predicted octanol–water partition coefficient (Wildman–Crippen LogP) is 6.80. The third kappa shape index (κ3) is 9.83. The molecule has 4 heteroatoms. The van der Waals surface area contributed by atoms with Gasteiger partial charge >= 0.3 is 11.9 Å². The van der Waals surface area contributed by atoms with E-state index >= 15 is 0 Å². The molecule has 1 aliphatic carbocycles. The molecule has 4 atom stereocenters. The zero-order valence-electron chi connectivity index (χ0n) is 20.6. The maximum atomic E-state index is 12.5. The van der Waals surface area contributed by atoms with Gasteiger partial charge in [0.25, 0.3) is 0 Å². The largest absolute Gasteiger partial charge is 0.465 e. The van der Waals surface area contributed by atoms with Crippen molar-refractivity contribution in [1.82, 2.24) is 0 Å². The standard InChI is InChI=1S/C26H48O4/c1-7-9-11-19(3)21(5)17-29-25(27)23-13-15-24(16-14-23)26(28)30-18-22(6)20(4)12-10-8-2/h19-24H,7-18H2,1-6H3. The van der Waals surface area contributed by atoms with Gasteiger partial charge in [0.05, 0.1) is 25.0 Å². The second-order valence-corrected chi connectivity index (χ2v) is 10.0. The van der Waals surface area contributed by atoms with E-state index < -0.39 is 0 Å². The molecule has 0 spiro atoms. The summed E-state index contributed by atoms with van der Waals surface area (Å²) in [6.45, 7) is 14.3. The monoisotopic (exact) mass is 424 g/mol. The maximum absolute atomic E-state index is 12.5. The van der Waals surface area contributed by atoms with E-state index in [4.69, 9.17) is 9.47 Å². The Morgan fingerprint density at radius 2 is 1.00 bits per heavy atom. The van der Waals surface area contributed by atoms with E-state index in [1.165, 1.54) is 38.5 Å². The van der Waals surface area contributed by atoms with Crippen LogP contribution in [0.4, 0.5) is 0 Å². The first-order valence-electron chi connectivity index (χ1n) is 12.6. The number of hydrogen-bond acceptors (Lipinski definition) is 4. The minimum absolute atomic E-state index is 0.0554. The van der Waals surface area contributed by atoms with Gasteiger partial charge in [-0.3, -0.25) is 9.59 Å². The van der Waals surface area contributed by atoms with Crippen molar-refractivity contribution >= 4 is 11.9 Å². The highest BCUT2D eigenvalue weighted by atomic mass is 16.5. The smallest absolute Gasteiger partial charge is 0.308 e. The number of ether oxygens (including phenoxy) is 2. The van der Waals surface area contributed by atoms with Gasteiger partial charge in [0, 0.05) is 0 Å². The van der Waals surface area contributed by atoms with Crippen LogP contribution in [0.2, 0.25) is 0 Å². The van der Waals surface area contributed by atoms with Crippen LogP contribution in [0.3, 0.4) is 0 Å². The minimum Gasteiger partial charge on any atom is -0.465 e. The topological polar surface area (TPSA) is 52.6 Å². The Morgan fingerprint density at radius 1 is 0.667 bits per heavy atom. The molecule has 0 aliphatic heterocycles. The molecule has 0 aromatic heterocycles. The number of unbranched alkanes of at least 4 members (excludes halogenated alkanes) is 2. The van der Waals surface area contributed by atoms with Crippen LogP contribution in [0.15, 0.2) is 0 Å². The molecular weight excluding hydrogens is 376 g/mol. The van der Waals surface area contributed by atoms with Gasteiger partial charge in [0.2, 0.25) is 0 Å². The first-order valence-corrected chi connectivity index (χ1v) is 12.6.